The van der Waals surface area contributed by atoms with Gasteiger partial charge in [0.15, 0.2) is 0 Å². The molecular formula is C12H19N3O3. The van der Waals surface area contributed by atoms with Crippen LogP contribution in [0.1, 0.15) is 32.9 Å². The first-order valence-electron chi connectivity index (χ1n) is 6.06. The van der Waals surface area contributed by atoms with Crippen LogP contribution >= 0.6 is 0 Å². The fourth-order valence-corrected chi connectivity index (χ4v) is 1.81. The molecule has 0 bridgehead atoms. The Morgan fingerprint density at radius 2 is 2.33 bits per heavy atom. The fourth-order valence-electron chi connectivity index (χ4n) is 1.81. The number of carbonyl (C=O) groups excluding carboxylic acids is 1. The molecule has 2 atom stereocenters. The highest BCUT2D eigenvalue weighted by molar-refractivity contribution is 5.94. The number of nitrogens with one attached hydrogen (secondary N) is 2. The molecule has 1 fully saturated rings. The SMILES string of the molecule is CC(C)(C)c1cc(NC(=O)C2CC(O)CN2)on1. The molecule has 18 heavy (non-hydrogen) atoms. The van der Waals surface area contributed by atoms with E-state index in [1.54, 1.807) is 6.07 Å². The summed E-state index contributed by atoms with van der Waals surface area (Å²) >= 11 is 0. The van der Waals surface area contributed by atoms with E-state index < -0.39 is 6.10 Å². The molecule has 0 radical (unpaired) electrons. The maximum absolute atomic E-state index is 11.8. The van der Waals surface area contributed by atoms with E-state index in [4.69, 9.17) is 4.52 Å². The lowest BCUT2D eigenvalue weighted by atomic mass is 9.92. The molecule has 1 aliphatic heterocycles. The summed E-state index contributed by atoms with van der Waals surface area (Å²) in [6.45, 7) is 6.50. The Balaban J connectivity index is 1.97. The highest BCUT2D eigenvalue weighted by Gasteiger charge is 2.29. The molecule has 3 N–H and O–H groups in total. The van der Waals surface area contributed by atoms with Gasteiger partial charge >= 0.3 is 0 Å². The Kier molecular flexibility index (Phi) is 3.41. The molecule has 100 valence electrons. The smallest absolute Gasteiger partial charge is 0.243 e. The molecular weight excluding hydrogens is 234 g/mol. The van der Waals surface area contributed by atoms with Crippen LogP contribution in [0.25, 0.3) is 0 Å². The Bertz CT molecular complexity index is 436. The molecule has 0 aliphatic carbocycles. The van der Waals surface area contributed by atoms with Crippen LogP contribution in [0.2, 0.25) is 0 Å². The Morgan fingerprint density at radius 3 is 2.83 bits per heavy atom. The summed E-state index contributed by atoms with van der Waals surface area (Å²) in [6.07, 6.45) is -0.0350. The number of aliphatic hydroxyl groups excluding tert-OH is 1. The molecule has 2 rings (SSSR count). The lowest BCUT2D eigenvalue weighted by molar-refractivity contribution is -0.118. The van der Waals surface area contributed by atoms with E-state index in [9.17, 15) is 9.90 Å². The minimum absolute atomic E-state index is 0.117. The van der Waals surface area contributed by atoms with Crippen LogP contribution < -0.4 is 10.6 Å². The van der Waals surface area contributed by atoms with Crippen molar-refractivity contribution >= 4 is 11.8 Å². The predicted molar refractivity (Wildman–Crippen MR) is 66.2 cm³/mol. The van der Waals surface area contributed by atoms with Crippen molar-refractivity contribution in [2.24, 2.45) is 0 Å². The second kappa shape index (κ2) is 4.70. The van der Waals surface area contributed by atoms with E-state index in [2.05, 4.69) is 15.8 Å². The summed E-state index contributed by atoms with van der Waals surface area (Å²) < 4.78 is 5.08. The maximum Gasteiger partial charge on any atom is 0.243 e. The van der Waals surface area contributed by atoms with E-state index >= 15 is 0 Å². The molecule has 1 amide bonds. The van der Waals surface area contributed by atoms with E-state index in [-0.39, 0.29) is 17.4 Å². The summed E-state index contributed by atoms with van der Waals surface area (Å²) in [7, 11) is 0. The van der Waals surface area contributed by atoms with Gasteiger partial charge in [-0.25, -0.2) is 0 Å². The number of aliphatic hydroxyl groups is 1. The average molecular weight is 253 g/mol. The Morgan fingerprint density at radius 1 is 1.61 bits per heavy atom. The first-order chi connectivity index (χ1) is 8.36. The number of hydrogen-bond donors (Lipinski definition) is 3. The van der Waals surface area contributed by atoms with Crippen molar-refractivity contribution < 1.29 is 14.4 Å². The van der Waals surface area contributed by atoms with Gasteiger partial charge in [0.05, 0.1) is 17.8 Å². The van der Waals surface area contributed by atoms with Gasteiger partial charge in [0.1, 0.15) is 0 Å². The van der Waals surface area contributed by atoms with E-state index in [1.165, 1.54) is 0 Å². The van der Waals surface area contributed by atoms with Crippen LogP contribution in [0.15, 0.2) is 10.6 Å². The minimum atomic E-state index is -0.458. The predicted octanol–water partition coefficient (Wildman–Crippen LogP) is 0.633. The molecule has 6 nitrogen and oxygen atoms in total. The topological polar surface area (TPSA) is 87.4 Å². The quantitative estimate of drug-likeness (QED) is 0.719. The molecule has 0 aromatic carbocycles. The molecule has 2 heterocycles. The van der Waals surface area contributed by atoms with Gasteiger partial charge in [0.2, 0.25) is 11.8 Å². The summed E-state index contributed by atoms with van der Waals surface area (Å²) in [5.74, 6) is 0.135. The summed E-state index contributed by atoms with van der Waals surface area (Å²) in [6, 6.07) is 1.35. The van der Waals surface area contributed by atoms with Crippen LogP contribution in [0.3, 0.4) is 0 Å². The normalized spacial score (nSPS) is 24.2. The van der Waals surface area contributed by atoms with Gasteiger partial charge in [0, 0.05) is 18.0 Å². The molecule has 0 saturated carbocycles. The average Bonchev–Trinajstić information content (AvgIpc) is 2.85. The largest absolute Gasteiger partial charge is 0.392 e. The number of aromatic nitrogens is 1. The van der Waals surface area contributed by atoms with Crippen molar-refractivity contribution in [2.45, 2.75) is 44.8 Å². The van der Waals surface area contributed by atoms with Crippen LogP contribution in [0, 0.1) is 0 Å². The lowest BCUT2D eigenvalue weighted by Crippen LogP contribution is -2.35. The molecule has 0 spiro atoms. The van der Waals surface area contributed by atoms with Gasteiger partial charge in [0.25, 0.3) is 0 Å². The molecule has 2 unspecified atom stereocenters. The van der Waals surface area contributed by atoms with Crippen LogP contribution in [-0.4, -0.2) is 34.9 Å². The number of β-amino-alcohol motifs (C(OH)–C–C–N with tert-alkyl or cyclic N) is 1. The number of amides is 1. The standard InChI is InChI=1S/C12H19N3O3/c1-12(2,3)9-5-10(18-15-9)14-11(17)8-4-7(16)6-13-8/h5,7-8,13,16H,4,6H2,1-3H3,(H,14,17). The van der Waals surface area contributed by atoms with Crippen molar-refractivity contribution in [3.05, 3.63) is 11.8 Å². The molecule has 1 aliphatic rings. The van der Waals surface area contributed by atoms with Crippen LogP contribution in [0.5, 0.6) is 0 Å². The van der Waals surface area contributed by atoms with Gasteiger partial charge < -0.3 is 14.9 Å². The minimum Gasteiger partial charge on any atom is -0.392 e. The molecule has 1 saturated heterocycles. The van der Waals surface area contributed by atoms with Gasteiger partial charge in [-0.15, -0.1) is 0 Å². The number of hydrogen-bond acceptors (Lipinski definition) is 5. The molecule has 1 aromatic rings. The van der Waals surface area contributed by atoms with Crippen molar-refractivity contribution in [1.29, 1.82) is 0 Å². The fraction of sp³-hybridized carbons (Fsp3) is 0.667. The van der Waals surface area contributed by atoms with Crippen LogP contribution in [-0.2, 0) is 10.2 Å². The third-order valence-corrected chi connectivity index (χ3v) is 2.95. The van der Waals surface area contributed by atoms with Gasteiger partial charge in [-0.3, -0.25) is 10.1 Å². The van der Waals surface area contributed by atoms with Crippen LogP contribution in [0.4, 0.5) is 5.88 Å². The van der Waals surface area contributed by atoms with E-state index in [0.29, 0.717) is 18.8 Å². The number of carbonyl (C=O) groups is 1. The number of anilines is 1. The maximum atomic E-state index is 11.8. The monoisotopic (exact) mass is 253 g/mol. The summed E-state index contributed by atoms with van der Waals surface area (Å²) in [4.78, 5) is 11.8. The highest BCUT2D eigenvalue weighted by atomic mass is 16.5. The first-order valence-corrected chi connectivity index (χ1v) is 6.06. The summed E-state index contributed by atoms with van der Waals surface area (Å²) in [5, 5.41) is 18.9. The first kappa shape index (κ1) is 13.0. The highest BCUT2D eigenvalue weighted by Crippen LogP contribution is 2.23. The second-order valence-electron chi connectivity index (χ2n) is 5.67. The second-order valence-corrected chi connectivity index (χ2v) is 5.67. The lowest BCUT2D eigenvalue weighted by Gasteiger charge is -2.12. The third-order valence-electron chi connectivity index (χ3n) is 2.95. The van der Waals surface area contributed by atoms with Gasteiger partial charge in [-0.1, -0.05) is 25.9 Å². The third kappa shape index (κ3) is 2.88. The van der Waals surface area contributed by atoms with Crippen molar-refractivity contribution in [3.8, 4) is 0 Å². The van der Waals surface area contributed by atoms with E-state index in [1.807, 2.05) is 20.8 Å². The van der Waals surface area contributed by atoms with Crippen molar-refractivity contribution in [2.75, 3.05) is 11.9 Å². The number of nitrogens with zero attached hydrogens (tertiary/aromatic N) is 1. The van der Waals surface area contributed by atoms with Crippen molar-refractivity contribution in [3.63, 3.8) is 0 Å². The zero-order valence-corrected chi connectivity index (χ0v) is 10.9. The van der Waals surface area contributed by atoms with Gasteiger partial charge in [-0.2, -0.15) is 0 Å². The Hall–Kier alpha value is -1.40. The van der Waals surface area contributed by atoms with Crippen molar-refractivity contribution in [1.82, 2.24) is 10.5 Å². The van der Waals surface area contributed by atoms with E-state index in [0.717, 1.165) is 5.69 Å². The zero-order valence-electron chi connectivity index (χ0n) is 10.9. The Labute approximate surface area is 106 Å². The number of rotatable bonds is 2. The molecule has 6 heteroatoms. The van der Waals surface area contributed by atoms with Gasteiger partial charge in [-0.05, 0) is 6.42 Å². The molecule has 1 aromatic heterocycles. The summed E-state index contributed by atoms with van der Waals surface area (Å²) in [5.41, 5.74) is 0.672. The zero-order chi connectivity index (χ0) is 13.3.